The van der Waals surface area contributed by atoms with Crippen LogP contribution < -0.4 is 10.6 Å². The molecular formula is C15H21F3N2O. The van der Waals surface area contributed by atoms with E-state index < -0.39 is 11.7 Å². The van der Waals surface area contributed by atoms with Gasteiger partial charge in [-0.1, -0.05) is 12.8 Å². The van der Waals surface area contributed by atoms with E-state index in [1.807, 2.05) is 4.90 Å². The molecule has 1 saturated heterocycles. The van der Waals surface area contributed by atoms with E-state index in [2.05, 4.69) is 0 Å². The SMILES string of the molecule is NCc1cc(C(F)(F)F)ccc1N1CCCCCC1CO. The monoisotopic (exact) mass is 302 g/mol. The van der Waals surface area contributed by atoms with E-state index in [4.69, 9.17) is 5.73 Å². The third-order valence-corrected chi connectivity index (χ3v) is 4.02. The van der Waals surface area contributed by atoms with Gasteiger partial charge >= 0.3 is 6.18 Å². The minimum atomic E-state index is -4.36. The summed E-state index contributed by atoms with van der Waals surface area (Å²) in [5.41, 5.74) is 6.15. The maximum absolute atomic E-state index is 12.8. The summed E-state index contributed by atoms with van der Waals surface area (Å²) in [5.74, 6) is 0. The summed E-state index contributed by atoms with van der Waals surface area (Å²) in [6.07, 6.45) is -0.438. The molecular weight excluding hydrogens is 281 g/mol. The number of halogens is 3. The van der Waals surface area contributed by atoms with Crippen molar-refractivity contribution in [1.82, 2.24) is 0 Å². The minimum Gasteiger partial charge on any atom is -0.394 e. The summed E-state index contributed by atoms with van der Waals surface area (Å²) < 4.78 is 38.4. The van der Waals surface area contributed by atoms with Crippen LogP contribution in [0, 0.1) is 0 Å². The van der Waals surface area contributed by atoms with Crippen molar-refractivity contribution in [3.63, 3.8) is 0 Å². The van der Waals surface area contributed by atoms with Crippen LogP contribution >= 0.6 is 0 Å². The number of benzene rings is 1. The first-order valence-electron chi connectivity index (χ1n) is 7.25. The number of anilines is 1. The lowest BCUT2D eigenvalue weighted by Gasteiger charge is -2.32. The van der Waals surface area contributed by atoms with Gasteiger partial charge in [0, 0.05) is 18.8 Å². The lowest BCUT2D eigenvalue weighted by atomic mass is 10.0. The van der Waals surface area contributed by atoms with E-state index in [0.717, 1.165) is 44.4 Å². The van der Waals surface area contributed by atoms with Crippen molar-refractivity contribution in [3.8, 4) is 0 Å². The quantitative estimate of drug-likeness (QED) is 0.902. The standard InChI is InChI=1S/C15H21F3N2O/c16-15(17,18)12-5-6-14(11(8-12)9-19)20-7-3-1-2-4-13(20)10-21/h5-6,8,13,21H,1-4,7,9-10,19H2. The predicted octanol–water partition coefficient (Wildman–Crippen LogP) is 2.91. The zero-order chi connectivity index (χ0) is 15.5. The summed E-state index contributed by atoms with van der Waals surface area (Å²) in [6.45, 7) is 0.794. The molecule has 118 valence electrons. The maximum Gasteiger partial charge on any atom is 0.416 e. The number of aliphatic hydroxyl groups is 1. The molecule has 21 heavy (non-hydrogen) atoms. The normalized spacial score (nSPS) is 20.4. The van der Waals surface area contributed by atoms with Gasteiger partial charge in [0.1, 0.15) is 0 Å². The van der Waals surface area contributed by atoms with Crippen molar-refractivity contribution in [1.29, 1.82) is 0 Å². The molecule has 0 amide bonds. The van der Waals surface area contributed by atoms with E-state index in [-0.39, 0.29) is 19.2 Å². The van der Waals surface area contributed by atoms with Gasteiger partial charge in [0.25, 0.3) is 0 Å². The minimum absolute atomic E-state index is 0.00499. The van der Waals surface area contributed by atoms with Gasteiger partial charge in [0.15, 0.2) is 0 Å². The van der Waals surface area contributed by atoms with Gasteiger partial charge in [0.2, 0.25) is 0 Å². The van der Waals surface area contributed by atoms with Crippen molar-refractivity contribution in [2.75, 3.05) is 18.1 Å². The molecule has 0 saturated carbocycles. The Morgan fingerprint density at radius 3 is 2.62 bits per heavy atom. The van der Waals surface area contributed by atoms with Crippen LogP contribution in [-0.2, 0) is 12.7 Å². The first kappa shape index (κ1) is 16.1. The largest absolute Gasteiger partial charge is 0.416 e. The van der Waals surface area contributed by atoms with Crippen LogP contribution in [0.5, 0.6) is 0 Å². The Labute approximate surface area is 122 Å². The van der Waals surface area contributed by atoms with Crippen LogP contribution in [0.25, 0.3) is 0 Å². The van der Waals surface area contributed by atoms with Crippen molar-refractivity contribution in [2.45, 2.75) is 44.4 Å². The number of aliphatic hydroxyl groups excluding tert-OH is 1. The summed E-state index contributed by atoms with van der Waals surface area (Å²) in [7, 11) is 0. The molecule has 0 aliphatic carbocycles. The number of nitrogens with zero attached hydrogens (tertiary/aromatic N) is 1. The molecule has 1 aliphatic heterocycles. The highest BCUT2D eigenvalue weighted by Gasteiger charge is 2.32. The van der Waals surface area contributed by atoms with Crippen LogP contribution in [0.1, 0.15) is 36.8 Å². The molecule has 1 aromatic rings. The second kappa shape index (κ2) is 6.66. The van der Waals surface area contributed by atoms with Crippen LogP contribution in [0.2, 0.25) is 0 Å². The van der Waals surface area contributed by atoms with Gasteiger partial charge in [-0.25, -0.2) is 0 Å². The Kier molecular flexibility index (Phi) is 5.11. The summed E-state index contributed by atoms with van der Waals surface area (Å²) in [6, 6.07) is 3.65. The summed E-state index contributed by atoms with van der Waals surface area (Å²) in [4.78, 5) is 2.01. The fourth-order valence-electron chi connectivity index (χ4n) is 2.89. The van der Waals surface area contributed by atoms with Crippen LogP contribution in [0.3, 0.4) is 0 Å². The maximum atomic E-state index is 12.8. The molecule has 0 spiro atoms. The molecule has 2 rings (SSSR count). The van der Waals surface area contributed by atoms with E-state index in [1.165, 1.54) is 6.07 Å². The fraction of sp³-hybridized carbons (Fsp3) is 0.600. The van der Waals surface area contributed by atoms with Crippen LogP contribution in [0.4, 0.5) is 18.9 Å². The number of nitrogens with two attached hydrogens (primary N) is 1. The van der Waals surface area contributed by atoms with Gasteiger partial charge in [-0.3, -0.25) is 0 Å². The van der Waals surface area contributed by atoms with Crippen LogP contribution in [-0.4, -0.2) is 24.3 Å². The zero-order valence-corrected chi connectivity index (χ0v) is 11.9. The molecule has 3 nitrogen and oxygen atoms in total. The van der Waals surface area contributed by atoms with Crippen molar-refractivity contribution in [2.24, 2.45) is 5.73 Å². The topological polar surface area (TPSA) is 49.5 Å². The Balaban J connectivity index is 2.37. The Morgan fingerprint density at radius 1 is 1.24 bits per heavy atom. The Morgan fingerprint density at radius 2 is 2.00 bits per heavy atom. The Hall–Kier alpha value is -1.27. The number of alkyl halides is 3. The van der Waals surface area contributed by atoms with Gasteiger partial charge in [-0.15, -0.1) is 0 Å². The molecule has 1 aliphatic rings. The summed E-state index contributed by atoms with van der Waals surface area (Å²) >= 11 is 0. The highest BCUT2D eigenvalue weighted by atomic mass is 19.4. The Bertz CT molecular complexity index is 476. The molecule has 1 heterocycles. The van der Waals surface area contributed by atoms with Crippen molar-refractivity contribution in [3.05, 3.63) is 29.3 Å². The third-order valence-electron chi connectivity index (χ3n) is 4.02. The first-order valence-corrected chi connectivity index (χ1v) is 7.25. The highest BCUT2D eigenvalue weighted by Crippen LogP contribution is 2.34. The average molecular weight is 302 g/mol. The van der Waals surface area contributed by atoms with E-state index >= 15 is 0 Å². The smallest absolute Gasteiger partial charge is 0.394 e. The van der Waals surface area contributed by atoms with Crippen molar-refractivity contribution < 1.29 is 18.3 Å². The number of hydrogen-bond donors (Lipinski definition) is 2. The second-order valence-corrected chi connectivity index (χ2v) is 5.42. The molecule has 3 N–H and O–H groups in total. The molecule has 0 radical (unpaired) electrons. The lowest BCUT2D eigenvalue weighted by Crippen LogP contribution is -2.38. The molecule has 1 aromatic carbocycles. The fourth-order valence-corrected chi connectivity index (χ4v) is 2.89. The number of rotatable bonds is 3. The molecule has 1 atom stereocenters. The third kappa shape index (κ3) is 3.68. The molecule has 0 aromatic heterocycles. The average Bonchev–Trinajstić information content (AvgIpc) is 2.70. The first-order chi connectivity index (χ1) is 9.97. The van der Waals surface area contributed by atoms with E-state index in [0.29, 0.717) is 11.3 Å². The highest BCUT2D eigenvalue weighted by molar-refractivity contribution is 5.56. The van der Waals surface area contributed by atoms with Gasteiger partial charge in [-0.2, -0.15) is 13.2 Å². The molecule has 0 bridgehead atoms. The van der Waals surface area contributed by atoms with E-state index in [9.17, 15) is 18.3 Å². The molecule has 1 unspecified atom stereocenters. The van der Waals surface area contributed by atoms with Crippen molar-refractivity contribution >= 4 is 5.69 Å². The van der Waals surface area contributed by atoms with E-state index in [1.54, 1.807) is 0 Å². The zero-order valence-electron chi connectivity index (χ0n) is 11.9. The van der Waals surface area contributed by atoms with Gasteiger partial charge in [0.05, 0.1) is 18.2 Å². The van der Waals surface area contributed by atoms with Crippen LogP contribution in [0.15, 0.2) is 18.2 Å². The predicted molar refractivity (Wildman–Crippen MR) is 76.0 cm³/mol. The van der Waals surface area contributed by atoms with Gasteiger partial charge < -0.3 is 15.7 Å². The molecule has 6 heteroatoms. The lowest BCUT2D eigenvalue weighted by molar-refractivity contribution is -0.137. The van der Waals surface area contributed by atoms with Gasteiger partial charge in [-0.05, 0) is 36.6 Å². The second-order valence-electron chi connectivity index (χ2n) is 5.42. The molecule has 1 fully saturated rings. The number of hydrogen-bond acceptors (Lipinski definition) is 3. The summed E-state index contributed by atoms with van der Waals surface area (Å²) in [5, 5.41) is 9.54.